The molecule has 140 valence electrons. The normalized spacial score (nSPS) is 10.7. The molecule has 0 fully saturated rings. The molecule has 1 aromatic heterocycles. The van der Waals surface area contributed by atoms with E-state index < -0.39 is 5.82 Å². The summed E-state index contributed by atoms with van der Waals surface area (Å²) in [7, 11) is 0. The number of hydrogen-bond donors (Lipinski definition) is 1. The molecule has 5 nitrogen and oxygen atoms in total. The van der Waals surface area contributed by atoms with Crippen molar-refractivity contribution in [3.8, 4) is 11.5 Å². The average Bonchev–Trinajstić information content (AvgIpc) is 3.13. The largest absolute Gasteiger partial charge is 0.491 e. The number of hydrogen-bond acceptors (Lipinski definition) is 5. The highest BCUT2D eigenvalue weighted by molar-refractivity contribution is 7.13. The summed E-state index contributed by atoms with van der Waals surface area (Å²) in [6.07, 6.45) is 1.56. The van der Waals surface area contributed by atoms with Gasteiger partial charge in [0.05, 0.1) is 6.10 Å². The SMILES string of the molecule is CC(C)Oc1cc(COc2ccccc2F)cc(C(=O)Nc2nccs2)c1. The topological polar surface area (TPSA) is 60.5 Å². The molecule has 0 bridgehead atoms. The number of anilines is 1. The fourth-order valence-corrected chi connectivity index (χ4v) is 2.92. The highest BCUT2D eigenvalue weighted by Gasteiger charge is 2.13. The van der Waals surface area contributed by atoms with Gasteiger partial charge in [-0.15, -0.1) is 11.3 Å². The van der Waals surface area contributed by atoms with Gasteiger partial charge in [-0.3, -0.25) is 10.1 Å². The number of ether oxygens (including phenoxy) is 2. The van der Waals surface area contributed by atoms with Crippen molar-refractivity contribution in [3.05, 3.63) is 71.0 Å². The maximum atomic E-state index is 13.7. The Kier molecular flexibility index (Phi) is 6.03. The van der Waals surface area contributed by atoms with Crippen LogP contribution in [0.25, 0.3) is 0 Å². The van der Waals surface area contributed by atoms with E-state index in [0.29, 0.717) is 22.0 Å². The Morgan fingerprint density at radius 2 is 2.07 bits per heavy atom. The predicted octanol–water partition coefficient (Wildman–Crippen LogP) is 4.90. The molecule has 2 aromatic carbocycles. The summed E-state index contributed by atoms with van der Waals surface area (Å²) in [4.78, 5) is 16.6. The maximum Gasteiger partial charge on any atom is 0.257 e. The molecule has 1 N–H and O–H groups in total. The van der Waals surface area contributed by atoms with Gasteiger partial charge in [0.2, 0.25) is 0 Å². The Morgan fingerprint density at radius 3 is 2.78 bits per heavy atom. The smallest absolute Gasteiger partial charge is 0.257 e. The lowest BCUT2D eigenvalue weighted by molar-refractivity contribution is 0.102. The lowest BCUT2D eigenvalue weighted by Crippen LogP contribution is -2.14. The van der Waals surface area contributed by atoms with E-state index in [4.69, 9.17) is 9.47 Å². The molecule has 1 heterocycles. The lowest BCUT2D eigenvalue weighted by Gasteiger charge is -2.14. The van der Waals surface area contributed by atoms with Crippen LogP contribution < -0.4 is 14.8 Å². The van der Waals surface area contributed by atoms with Crippen LogP contribution in [0.15, 0.2) is 54.0 Å². The first-order valence-corrected chi connectivity index (χ1v) is 9.28. The van der Waals surface area contributed by atoms with E-state index in [0.717, 1.165) is 0 Å². The van der Waals surface area contributed by atoms with Crippen molar-refractivity contribution in [1.29, 1.82) is 0 Å². The molecule has 0 aliphatic heterocycles. The monoisotopic (exact) mass is 386 g/mol. The van der Waals surface area contributed by atoms with Gasteiger partial charge in [-0.05, 0) is 49.7 Å². The van der Waals surface area contributed by atoms with Crippen LogP contribution in [0.3, 0.4) is 0 Å². The van der Waals surface area contributed by atoms with Crippen LogP contribution in [-0.2, 0) is 6.61 Å². The summed E-state index contributed by atoms with van der Waals surface area (Å²) in [6, 6.07) is 11.3. The van der Waals surface area contributed by atoms with E-state index in [1.165, 1.54) is 17.4 Å². The first-order valence-electron chi connectivity index (χ1n) is 8.40. The van der Waals surface area contributed by atoms with Gasteiger partial charge in [-0.2, -0.15) is 0 Å². The van der Waals surface area contributed by atoms with Gasteiger partial charge >= 0.3 is 0 Å². The first kappa shape index (κ1) is 18.8. The Labute approximate surface area is 160 Å². The van der Waals surface area contributed by atoms with Crippen molar-refractivity contribution < 1.29 is 18.7 Å². The van der Waals surface area contributed by atoms with Crippen molar-refractivity contribution in [2.24, 2.45) is 0 Å². The third kappa shape index (κ3) is 5.27. The number of nitrogens with one attached hydrogen (secondary N) is 1. The standard InChI is InChI=1S/C20H19FN2O3S/c1-13(2)26-16-10-14(12-25-18-6-4-3-5-17(18)21)9-15(11-16)19(24)23-20-22-7-8-27-20/h3-11,13H,12H2,1-2H3,(H,22,23,24). The molecule has 0 saturated carbocycles. The lowest BCUT2D eigenvalue weighted by atomic mass is 10.1. The van der Waals surface area contributed by atoms with Gasteiger partial charge in [0, 0.05) is 17.1 Å². The molecule has 0 radical (unpaired) electrons. The van der Waals surface area contributed by atoms with E-state index in [1.54, 1.807) is 48.0 Å². The average molecular weight is 386 g/mol. The minimum absolute atomic E-state index is 0.0531. The third-order valence-electron chi connectivity index (χ3n) is 3.48. The summed E-state index contributed by atoms with van der Waals surface area (Å²) >= 11 is 1.33. The van der Waals surface area contributed by atoms with E-state index in [9.17, 15) is 9.18 Å². The molecule has 0 aliphatic carbocycles. The molecule has 0 aliphatic rings. The summed E-state index contributed by atoms with van der Waals surface area (Å²) in [5.41, 5.74) is 1.11. The molecular weight excluding hydrogens is 367 g/mol. The predicted molar refractivity (Wildman–Crippen MR) is 103 cm³/mol. The molecular formula is C20H19FN2O3S. The third-order valence-corrected chi connectivity index (χ3v) is 4.17. The number of rotatable bonds is 7. The van der Waals surface area contributed by atoms with Crippen LogP contribution >= 0.6 is 11.3 Å². The summed E-state index contributed by atoms with van der Waals surface area (Å²) in [5, 5.41) is 5.03. The molecule has 3 rings (SSSR count). The molecule has 0 spiro atoms. The number of thiazole rings is 1. The minimum Gasteiger partial charge on any atom is -0.491 e. The quantitative estimate of drug-likeness (QED) is 0.627. The Morgan fingerprint density at radius 1 is 1.26 bits per heavy atom. The zero-order chi connectivity index (χ0) is 19.2. The number of para-hydroxylation sites is 1. The van der Waals surface area contributed by atoms with E-state index >= 15 is 0 Å². The van der Waals surface area contributed by atoms with Crippen molar-refractivity contribution >= 4 is 22.4 Å². The maximum absolute atomic E-state index is 13.7. The molecule has 0 unspecified atom stereocenters. The second kappa shape index (κ2) is 8.64. The number of benzene rings is 2. The second-order valence-corrected chi connectivity index (χ2v) is 6.94. The van der Waals surface area contributed by atoms with Crippen LogP contribution in [-0.4, -0.2) is 17.0 Å². The van der Waals surface area contributed by atoms with Gasteiger partial charge in [-0.1, -0.05) is 12.1 Å². The minimum atomic E-state index is -0.436. The van der Waals surface area contributed by atoms with Crippen LogP contribution in [0.4, 0.5) is 9.52 Å². The second-order valence-electron chi connectivity index (χ2n) is 6.04. The first-order chi connectivity index (χ1) is 13.0. The van der Waals surface area contributed by atoms with Crippen LogP contribution in [0.2, 0.25) is 0 Å². The number of nitrogens with zero attached hydrogens (tertiary/aromatic N) is 1. The number of aromatic nitrogens is 1. The molecule has 7 heteroatoms. The molecule has 0 saturated heterocycles. The van der Waals surface area contributed by atoms with Crippen molar-refractivity contribution in [3.63, 3.8) is 0 Å². The fourth-order valence-electron chi connectivity index (χ4n) is 2.39. The Bertz CT molecular complexity index is 913. The van der Waals surface area contributed by atoms with Crippen LogP contribution in [0, 0.1) is 5.82 Å². The van der Waals surface area contributed by atoms with Crippen molar-refractivity contribution in [2.75, 3.05) is 5.32 Å². The van der Waals surface area contributed by atoms with Gasteiger partial charge in [0.25, 0.3) is 5.91 Å². The Balaban J connectivity index is 1.81. The number of carbonyl (C=O) groups excluding carboxylic acids is 1. The molecule has 1 amide bonds. The fraction of sp³-hybridized carbons (Fsp3) is 0.200. The number of carbonyl (C=O) groups is 1. The van der Waals surface area contributed by atoms with E-state index in [2.05, 4.69) is 10.3 Å². The van der Waals surface area contributed by atoms with Gasteiger partial charge in [0.1, 0.15) is 12.4 Å². The molecule has 0 atom stereocenters. The van der Waals surface area contributed by atoms with Crippen molar-refractivity contribution in [2.45, 2.75) is 26.6 Å². The Hall–Kier alpha value is -2.93. The van der Waals surface area contributed by atoms with E-state index in [1.807, 2.05) is 13.8 Å². The zero-order valence-corrected chi connectivity index (χ0v) is 15.8. The summed E-state index contributed by atoms with van der Waals surface area (Å²) in [6.45, 7) is 3.91. The van der Waals surface area contributed by atoms with Crippen molar-refractivity contribution in [1.82, 2.24) is 4.98 Å². The highest BCUT2D eigenvalue weighted by atomic mass is 32.1. The summed E-state index contributed by atoms with van der Waals surface area (Å²) < 4.78 is 25.0. The highest BCUT2D eigenvalue weighted by Crippen LogP contribution is 2.23. The van der Waals surface area contributed by atoms with E-state index in [-0.39, 0.29) is 24.4 Å². The zero-order valence-electron chi connectivity index (χ0n) is 14.9. The van der Waals surface area contributed by atoms with Gasteiger partial charge in [-0.25, -0.2) is 9.37 Å². The summed E-state index contributed by atoms with van der Waals surface area (Å²) in [5.74, 6) is -0.0366. The molecule has 3 aromatic rings. The number of halogens is 1. The van der Waals surface area contributed by atoms with Gasteiger partial charge in [0.15, 0.2) is 16.7 Å². The van der Waals surface area contributed by atoms with Crippen LogP contribution in [0.5, 0.6) is 11.5 Å². The van der Waals surface area contributed by atoms with Gasteiger partial charge < -0.3 is 9.47 Å². The molecule has 27 heavy (non-hydrogen) atoms. The number of amides is 1. The van der Waals surface area contributed by atoms with Crippen LogP contribution in [0.1, 0.15) is 29.8 Å².